The lowest BCUT2D eigenvalue weighted by Crippen LogP contribution is -1.91. The van der Waals surface area contributed by atoms with Crippen LogP contribution in [0.2, 0.25) is 0 Å². The summed E-state index contributed by atoms with van der Waals surface area (Å²) in [7, 11) is 1.64. The average Bonchev–Trinajstić information content (AvgIpc) is 2.61. The fourth-order valence-corrected chi connectivity index (χ4v) is 2.94. The van der Waals surface area contributed by atoms with Gasteiger partial charge in [-0.1, -0.05) is 54.6 Å². The summed E-state index contributed by atoms with van der Waals surface area (Å²) in [5, 5.41) is 4.95. The molecular weight excluding hydrogens is 270 g/mol. The molecule has 0 saturated heterocycles. The van der Waals surface area contributed by atoms with Gasteiger partial charge in [-0.05, 0) is 33.7 Å². The Labute approximate surface area is 129 Å². The molecule has 2 nitrogen and oxygen atoms in total. The first-order chi connectivity index (χ1) is 10.9. The lowest BCUT2D eigenvalue weighted by Gasteiger charge is -2.11. The predicted octanol–water partition coefficient (Wildman–Crippen LogP) is 5.06. The SMILES string of the molecule is COc1cccc(-c2cc3ccccc3c3ccccc23)n1. The van der Waals surface area contributed by atoms with E-state index in [2.05, 4.69) is 59.6 Å². The first-order valence-corrected chi connectivity index (χ1v) is 7.29. The summed E-state index contributed by atoms with van der Waals surface area (Å²) in [6, 6.07) is 25.0. The second kappa shape index (κ2) is 5.15. The summed E-state index contributed by atoms with van der Waals surface area (Å²) in [6.45, 7) is 0. The smallest absolute Gasteiger partial charge is 0.213 e. The Morgan fingerprint density at radius 3 is 2.27 bits per heavy atom. The number of ether oxygens (including phenoxy) is 1. The molecular formula is C20H15NO. The van der Waals surface area contributed by atoms with Crippen LogP contribution in [0.15, 0.2) is 72.8 Å². The van der Waals surface area contributed by atoms with Crippen molar-refractivity contribution in [3.05, 3.63) is 72.8 Å². The number of hydrogen-bond acceptors (Lipinski definition) is 2. The fraction of sp³-hybridized carbons (Fsp3) is 0.0500. The number of fused-ring (bicyclic) bond motifs is 3. The minimum absolute atomic E-state index is 0.634. The highest BCUT2D eigenvalue weighted by molar-refractivity contribution is 6.13. The van der Waals surface area contributed by atoms with E-state index < -0.39 is 0 Å². The Hall–Kier alpha value is -2.87. The molecule has 0 atom stereocenters. The Balaban J connectivity index is 2.11. The maximum absolute atomic E-state index is 5.26. The molecule has 0 bridgehead atoms. The Morgan fingerprint density at radius 1 is 0.727 bits per heavy atom. The van der Waals surface area contributed by atoms with Gasteiger partial charge in [-0.15, -0.1) is 0 Å². The van der Waals surface area contributed by atoms with Crippen LogP contribution in [0.25, 0.3) is 32.8 Å². The standard InChI is InChI=1S/C20H15NO/c1-22-20-12-6-11-19(21-20)18-13-14-7-2-3-8-15(14)16-9-4-5-10-17(16)18/h2-13H,1H3. The Bertz CT molecular complexity index is 975. The molecule has 0 aliphatic heterocycles. The van der Waals surface area contributed by atoms with E-state index >= 15 is 0 Å². The van der Waals surface area contributed by atoms with Crippen molar-refractivity contribution in [2.45, 2.75) is 0 Å². The monoisotopic (exact) mass is 285 g/mol. The van der Waals surface area contributed by atoms with Crippen LogP contribution < -0.4 is 4.74 Å². The van der Waals surface area contributed by atoms with Crippen molar-refractivity contribution in [1.82, 2.24) is 4.98 Å². The third kappa shape index (κ3) is 2.01. The van der Waals surface area contributed by atoms with E-state index in [4.69, 9.17) is 4.74 Å². The summed E-state index contributed by atoms with van der Waals surface area (Å²) >= 11 is 0. The van der Waals surface area contributed by atoms with Gasteiger partial charge in [0.05, 0.1) is 12.8 Å². The van der Waals surface area contributed by atoms with E-state index in [1.54, 1.807) is 7.11 Å². The number of nitrogens with zero attached hydrogens (tertiary/aromatic N) is 1. The molecule has 4 aromatic rings. The summed E-state index contributed by atoms with van der Waals surface area (Å²) in [5.74, 6) is 0.634. The van der Waals surface area contributed by atoms with Crippen LogP contribution in [0.1, 0.15) is 0 Å². The molecule has 0 spiro atoms. The van der Waals surface area contributed by atoms with Crippen LogP contribution in [0.4, 0.5) is 0 Å². The van der Waals surface area contributed by atoms with Crippen LogP contribution in [0, 0.1) is 0 Å². The van der Waals surface area contributed by atoms with Crippen LogP contribution in [-0.4, -0.2) is 12.1 Å². The number of benzene rings is 3. The quantitative estimate of drug-likeness (QED) is 0.480. The Kier molecular flexibility index (Phi) is 3.01. The van der Waals surface area contributed by atoms with Crippen molar-refractivity contribution < 1.29 is 4.74 Å². The summed E-state index contributed by atoms with van der Waals surface area (Å²) in [6.07, 6.45) is 0. The topological polar surface area (TPSA) is 22.1 Å². The number of rotatable bonds is 2. The van der Waals surface area contributed by atoms with Gasteiger partial charge in [-0.3, -0.25) is 0 Å². The normalized spacial score (nSPS) is 11.0. The number of hydrogen-bond donors (Lipinski definition) is 0. The van der Waals surface area contributed by atoms with E-state index in [9.17, 15) is 0 Å². The largest absolute Gasteiger partial charge is 0.481 e. The minimum Gasteiger partial charge on any atom is -0.481 e. The van der Waals surface area contributed by atoms with Gasteiger partial charge in [-0.2, -0.15) is 0 Å². The molecule has 1 aromatic heterocycles. The zero-order valence-electron chi connectivity index (χ0n) is 12.3. The highest BCUT2D eigenvalue weighted by Crippen LogP contribution is 2.34. The molecule has 3 aromatic carbocycles. The number of methoxy groups -OCH3 is 1. The number of pyridine rings is 1. The van der Waals surface area contributed by atoms with Crippen LogP contribution in [0.3, 0.4) is 0 Å². The van der Waals surface area contributed by atoms with Gasteiger partial charge in [-0.25, -0.2) is 4.98 Å². The summed E-state index contributed by atoms with van der Waals surface area (Å²) in [4.78, 5) is 4.60. The van der Waals surface area contributed by atoms with Crippen molar-refractivity contribution in [2.24, 2.45) is 0 Å². The van der Waals surface area contributed by atoms with Crippen LogP contribution in [-0.2, 0) is 0 Å². The lowest BCUT2D eigenvalue weighted by atomic mass is 9.95. The molecule has 0 radical (unpaired) electrons. The molecule has 0 saturated carbocycles. The van der Waals surface area contributed by atoms with Gasteiger partial charge in [0.15, 0.2) is 0 Å². The van der Waals surface area contributed by atoms with Crippen molar-refractivity contribution in [2.75, 3.05) is 7.11 Å². The molecule has 2 heteroatoms. The van der Waals surface area contributed by atoms with Crippen molar-refractivity contribution >= 4 is 21.5 Å². The van der Waals surface area contributed by atoms with E-state index in [1.165, 1.54) is 21.5 Å². The molecule has 0 N–H and O–H groups in total. The van der Waals surface area contributed by atoms with Crippen LogP contribution >= 0.6 is 0 Å². The van der Waals surface area contributed by atoms with E-state index in [1.807, 2.05) is 18.2 Å². The van der Waals surface area contributed by atoms with Crippen LogP contribution in [0.5, 0.6) is 5.88 Å². The van der Waals surface area contributed by atoms with Crippen molar-refractivity contribution in [3.63, 3.8) is 0 Å². The van der Waals surface area contributed by atoms with Crippen molar-refractivity contribution in [3.8, 4) is 17.1 Å². The minimum atomic E-state index is 0.634. The molecule has 0 aliphatic carbocycles. The molecule has 0 aliphatic rings. The molecule has 1 heterocycles. The highest BCUT2D eigenvalue weighted by atomic mass is 16.5. The maximum Gasteiger partial charge on any atom is 0.213 e. The van der Waals surface area contributed by atoms with Gasteiger partial charge in [0.25, 0.3) is 0 Å². The predicted molar refractivity (Wildman–Crippen MR) is 91.2 cm³/mol. The molecule has 0 amide bonds. The van der Waals surface area contributed by atoms with Gasteiger partial charge in [0.2, 0.25) is 5.88 Å². The highest BCUT2D eigenvalue weighted by Gasteiger charge is 2.09. The van der Waals surface area contributed by atoms with Gasteiger partial charge >= 0.3 is 0 Å². The molecule has 0 unspecified atom stereocenters. The maximum atomic E-state index is 5.26. The van der Waals surface area contributed by atoms with Gasteiger partial charge in [0.1, 0.15) is 0 Å². The summed E-state index contributed by atoms with van der Waals surface area (Å²) < 4.78 is 5.26. The zero-order valence-corrected chi connectivity index (χ0v) is 12.3. The summed E-state index contributed by atoms with van der Waals surface area (Å²) in [5.41, 5.74) is 2.06. The molecule has 22 heavy (non-hydrogen) atoms. The van der Waals surface area contributed by atoms with Gasteiger partial charge in [0, 0.05) is 11.6 Å². The van der Waals surface area contributed by atoms with E-state index in [0.717, 1.165) is 11.3 Å². The first-order valence-electron chi connectivity index (χ1n) is 7.29. The average molecular weight is 285 g/mol. The second-order valence-corrected chi connectivity index (χ2v) is 5.26. The Morgan fingerprint density at radius 2 is 1.45 bits per heavy atom. The molecule has 4 rings (SSSR count). The molecule has 0 fully saturated rings. The van der Waals surface area contributed by atoms with Gasteiger partial charge < -0.3 is 4.74 Å². The van der Waals surface area contributed by atoms with E-state index in [-0.39, 0.29) is 0 Å². The fourth-order valence-electron chi connectivity index (χ4n) is 2.94. The third-order valence-corrected chi connectivity index (χ3v) is 3.98. The molecule has 106 valence electrons. The van der Waals surface area contributed by atoms with Crippen molar-refractivity contribution in [1.29, 1.82) is 0 Å². The number of aromatic nitrogens is 1. The second-order valence-electron chi connectivity index (χ2n) is 5.26. The zero-order chi connectivity index (χ0) is 14.9. The van der Waals surface area contributed by atoms with E-state index in [0.29, 0.717) is 5.88 Å². The lowest BCUT2D eigenvalue weighted by molar-refractivity contribution is 0.398. The third-order valence-electron chi connectivity index (χ3n) is 3.98. The first kappa shape index (κ1) is 12.8.